The van der Waals surface area contributed by atoms with Crippen LogP contribution >= 0.6 is 0 Å². The maximum atomic E-state index is 11.7. The number of allylic oxidation sites excluding steroid dienone is 1. The quantitative estimate of drug-likeness (QED) is 0.505. The highest BCUT2D eigenvalue weighted by atomic mass is 16.5. The van der Waals surface area contributed by atoms with Gasteiger partial charge in [0.1, 0.15) is 30.0 Å². The van der Waals surface area contributed by atoms with E-state index in [9.17, 15) is 4.79 Å². The molecule has 0 bridgehead atoms. The predicted molar refractivity (Wildman–Crippen MR) is 138 cm³/mol. The van der Waals surface area contributed by atoms with Crippen LogP contribution in [-0.4, -0.2) is 43.2 Å². The molecule has 1 atom stereocenters. The smallest absolute Gasteiger partial charge is 0.247 e. The first kappa shape index (κ1) is 23.2. The van der Waals surface area contributed by atoms with Gasteiger partial charge < -0.3 is 19.2 Å². The number of methoxy groups -OCH3 is 1. The summed E-state index contributed by atoms with van der Waals surface area (Å²) in [6, 6.07) is 17.4. The van der Waals surface area contributed by atoms with Crippen molar-refractivity contribution in [2.45, 2.75) is 32.3 Å². The summed E-state index contributed by atoms with van der Waals surface area (Å²) in [4.78, 5) is 17.0. The Balaban J connectivity index is 1.41. The molecule has 1 N–H and O–H groups in total. The Morgan fingerprint density at radius 2 is 1.77 bits per heavy atom. The minimum absolute atomic E-state index is 0.128. The van der Waals surface area contributed by atoms with E-state index in [2.05, 4.69) is 28.9 Å². The molecule has 0 amide bonds. The second kappa shape index (κ2) is 10.4. The van der Waals surface area contributed by atoms with Gasteiger partial charge in [0.05, 0.1) is 7.11 Å². The number of ether oxygens (including phenoxy) is 3. The number of H-pyrrole nitrogens is 1. The molecule has 1 saturated heterocycles. The fraction of sp³-hybridized carbons (Fsp3) is 0.345. The van der Waals surface area contributed by atoms with Crippen molar-refractivity contribution in [2.75, 3.05) is 33.4 Å². The number of rotatable bonds is 7. The third kappa shape index (κ3) is 5.13. The van der Waals surface area contributed by atoms with Gasteiger partial charge >= 0.3 is 0 Å². The van der Waals surface area contributed by atoms with E-state index in [-0.39, 0.29) is 11.7 Å². The Hall–Kier alpha value is -3.51. The van der Waals surface area contributed by atoms with Crippen LogP contribution < -0.4 is 19.8 Å². The Labute approximate surface area is 206 Å². The van der Waals surface area contributed by atoms with E-state index < -0.39 is 0 Å². The summed E-state index contributed by atoms with van der Waals surface area (Å²) >= 11 is 0. The zero-order valence-electron chi connectivity index (χ0n) is 20.4. The molecule has 182 valence electrons. The topological polar surface area (TPSA) is 63.8 Å². The van der Waals surface area contributed by atoms with E-state index >= 15 is 0 Å². The maximum Gasteiger partial charge on any atom is 0.247 e. The molecule has 0 aliphatic carbocycles. The standard InChI is InChI=1S/C29H32N2O4/c1-20-25-12-11-24(33-2)18-26(25)35-29(28(20)22-8-13-27(32)30-19-22)21-6-9-23(10-7-21)34-17-16-31-14-4-3-5-15-31/h6-13,18-19,29H,3-5,14-17H2,1-2H3,(H,30,32). The molecule has 2 aromatic carbocycles. The summed E-state index contributed by atoms with van der Waals surface area (Å²) in [5.41, 5.74) is 4.96. The number of aromatic amines is 1. The lowest BCUT2D eigenvalue weighted by Crippen LogP contribution is -2.33. The number of pyridine rings is 1. The lowest BCUT2D eigenvalue weighted by atomic mass is 9.87. The van der Waals surface area contributed by atoms with Crippen molar-refractivity contribution in [3.63, 3.8) is 0 Å². The second-order valence-corrected chi connectivity index (χ2v) is 9.16. The molecule has 2 aliphatic heterocycles. The van der Waals surface area contributed by atoms with Crippen molar-refractivity contribution in [3.05, 3.63) is 87.8 Å². The summed E-state index contributed by atoms with van der Waals surface area (Å²) in [5.74, 6) is 2.39. The number of hydrogen-bond donors (Lipinski definition) is 1. The molecule has 0 spiro atoms. The molecule has 1 aromatic heterocycles. The van der Waals surface area contributed by atoms with Crippen LogP contribution in [0.5, 0.6) is 17.2 Å². The molecule has 6 nitrogen and oxygen atoms in total. The Morgan fingerprint density at radius 3 is 2.49 bits per heavy atom. The van der Waals surface area contributed by atoms with Crippen LogP contribution in [0, 0.1) is 0 Å². The van der Waals surface area contributed by atoms with Gasteiger partial charge in [-0.2, -0.15) is 0 Å². The predicted octanol–water partition coefficient (Wildman–Crippen LogP) is 5.31. The van der Waals surface area contributed by atoms with Gasteiger partial charge in [0.15, 0.2) is 0 Å². The van der Waals surface area contributed by atoms with Crippen molar-refractivity contribution in [3.8, 4) is 17.2 Å². The van der Waals surface area contributed by atoms with Crippen molar-refractivity contribution in [1.29, 1.82) is 0 Å². The zero-order chi connectivity index (χ0) is 24.2. The number of benzene rings is 2. The third-order valence-electron chi connectivity index (χ3n) is 6.91. The number of hydrogen-bond acceptors (Lipinski definition) is 5. The molecule has 1 unspecified atom stereocenters. The van der Waals surface area contributed by atoms with E-state index in [0.717, 1.165) is 51.6 Å². The number of fused-ring (bicyclic) bond motifs is 1. The van der Waals surface area contributed by atoms with Crippen molar-refractivity contribution in [2.24, 2.45) is 0 Å². The second-order valence-electron chi connectivity index (χ2n) is 9.16. The zero-order valence-corrected chi connectivity index (χ0v) is 20.4. The number of nitrogens with one attached hydrogen (secondary N) is 1. The number of likely N-dealkylation sites (tertiary alicyclic amines) is 1. The van der Waals surface area contributed by atoms with Crippen LogP contribution in [0.1, 0.15) is 49.0 Å². The van der Waals surface area contributed by atoms with Crippen molar-refractivity contribution in [1.82, 2.24) is 9.88 Å². The van der Waals surface area contributed by atoms with Gasteiger partial charge in [-0.1, -0.05) is 18.6 Å². The highest BCUT2D eigenvalue weighted by Gasteiger charge is 2.29. The fourth-order valence-electron chi connectivity index (χ4n) is 4.96. The lowest BCUT2D eigenvalue weighted by Gasteiger charge is -2.31. The number of aromatic nitrogens is 1. The van der Waals surface area contributed by atoms with Gasteiger partial charge in [-0.05, 0) is 79.9 Å². The molecular formula is C29H32N2O4. The summed E-state index contributed by atoms with van der Waals surface area (Å²) in [7, 11) is 1.65. The molecule has 3 aromatic rings. The first-order valence-corrected chi connectivity index (χ1v) is 12.3. The molecule has 3 heterocycles. The molecule has 6 heteroatoms. The minimum Gasteiger partial charge on any atom is -0.497 e. The molecule has 2 aliphatic rings. The average Bonchev–Trinajstić information content (AvgIpc) is 2.90. The van der Waals surface area contributed by atoms with Crippen LogP contribution in [0.3, 0.4) is 0 Å². The van der Waals surface area contributed by atoms with Crippen LogP contribution in [0.15, 0.2) is 65.6 Å². The van der Waals surface area contributed by atoms with E-state index in [4.69, 9.17) is 14.2 Å². The fourth-order valence-corrected chi connectivity index (χ4v) is 4.96. The van der Waals surface area contributed by atoms with Gasteiger partial charge in [0, 0.05) is 36.0 Å². The first-order valence-electron chi connectivity index (χ1n) is 12.3. The number of piperidine rings is 1. The summed E-state index contributed by atoms with van der Waals surface area (Å²) in [5, 5.41) is 0. The molecule has 1 fully saturated rings. The van der Waals surface area contributed by atoms with Crippen LogP contribution in [0.4, 0.5) is 0 Å². The molecule has 5 rings (SSSR count). The Bertz CT molecular complexity index is 1240. The Morgan fingerprint density at radius 1 is 1.00 bits per heavy atom. The molecular weight excluding hydrogens is 440 g/mol. The summed E-state index contributed by atoms with van der Waals surface area (Å²) < 4.78 is 18.0. The van der Waals surface area contributed by atoms with Gasteiger partial charge in [-0.3, -0.25) is 9.69 Å². The molecule has 0 radical (unpaired) electrons. The van der Waals surface area contributed by atoms with Gasteiger partial charge in [-0.25, -0.2) is 0 Å². The van der Waals surface area contributed by atoms with E-state index in [1.807, 2.05) is 36.4 Å². The van der Waals surface area contributed by atoms with Crippen molar-refractivity contribution < 1.29 is 14.2 Å². The monoisotopic (exact) mass is 472 g/mol. The van der Waals surface area contributed by atoms with E-state index in [1.165, 1.54) is 32.4 Å². The molecule has 0 saturated carbocycles. The maximum absolute atomic E-state index is 11.7. The highest BCUT2D eigenvalue weighted by molar-refractivity contribution is 5.95. The SMILES string of the molecule is COc1ccc2c(c1)OC(c1ccc(OCCN3CCCCC3)cc1)C(c1ccc(=O)[nH]c1)=C2C. The summed E-state index contributed by atoms with van der Waals surface area (Å²) in [6.07, 6.45) is 5.34. The third-order valence-corrected chi connectivity index (χ3v) is 6.91. The average molecular weight is 473 g/mol. The highest BCUT2D eigenvalue weighted by Crippen LogP contribution is 2.47. The van der Waals surface area contributed by atoms with Gasteiger partial charge in [0.2, 0.25) is 5.56 Å². The van der Waals surface area contributed by atoms with E-state index in [1.54, 1.807) is 19.4 Å². The largest absolute Gasteiger partial charge is 0.497 e. The normalized spacial score (nSPS) is 18.1. The number of nitrogens with zero attached hydrogens (tertiary/aromatic N) is 1. The van der Waals surface area contributed by atoms with Crippen LogP contribution in [0.25, 0.3) is 11.1 Å². The first-order chi connectivity index (χ1) is 17.1. The van der Waals surface area contributed by atoms with Gasteiger partial charge in [-0.15, -0.1) is 0 Å². The van der Waals surface area contributed by atoms with Crippen LogP contribution in [0.2, 0.25) is 0 Å². The molecule has 35 heavy (non-hydrogen) atoms. The lowest BCUT2D eigenvalue weighted by molar-refractivity contribution is 0.183. The summed E-state index contributed by atoms with van der Waals surface area (Å²) in [6.45, 7) is 6.09. The van der Waals surface area contributed by atoms with Crippen LogP contribution in [-0.2, 0) is 0 Å². The Kier molecular flexibility index (Phi) is 6.91. The minimum atomic E-state index is -0.331. The van der Waals surface area contributed by atoms with E-state index in [0.29, 0.717) is 6.61 Å². The van der Waals surface area contributed by atoms with Gasteiger partial charge in [0.25, 0.3) is 0 Å². The van der Waals surface area contributed by atoms with Crippen molar-refractivity contribution >= 4 is 11.1 Å².